The third kappa shape index (κ3) is 4.18. The van der Waals surface area contributed by atoms with Gasteiger partial charge in [0.05, 0.1) is 0 Å². The summed E-state index contributed by atoms with van der Waals surface area (Å²) >= 11 is 5.97. The average Bonchev–Trinajstić information content (AvgIpc) is 2.46. The van der Waals surface area contributed by atoms with E-state index in [1.165, 1.54) is 6.07 Å². The molecule has 0 aliphatic heterocycles. The van der Waals surface area contributed by atoms with Crippen LogP contribution in [0.4, 0.5) is 10.2 Å². The predicted molar refractivity (Wildman–Crippen MR) is 86.4 cm³/mol. The quantitative estimate of drug-likeness (QED) is 0.743. The normalized spacial score (nSPS) is 11.0. The van der Waals surface area contributed by atoms with Gasteiger partial charge < -0.3 is 4.90 Å². The lowest BCUT2D eigenvalue weighted by Gasteiger charge is -2.20. The van der Waals surface area contributed by atoms with Crippen molar-refractivity contribution in [3.05, 3.63) is 59.0 Å². The molecule has 112 valence electrons. The fourth-order valence-electron chi connectivity index (χ4n) is 2.15. The van der Waals surface area contributed by atoms with Crippen molar-refractivity contribution < 1.29 is 4.39 Å². The van der Waals surface area contributed by atoms with E-state index >= 15 is 0 Å². The summed E-state index contributed by atoms with van der Waals surface area (Å²) in [7, 11) is 1.95. The molecule has 0 aliphatic rings. The lowest BCUT2D eigenvalue weighted by molar-refractivity contribution is 0.625. The molecule has 0 saturated carbocycles. The maximum Gasteiger partial charge on any atom is 0.129 e. The predicted octanol–water partition coefficient (Wildman–Crippen LogP) is 4.72. The molecule has 0 spiro atoms. The van der Waals surface area contributed by atoms with Crippen molar-refractivity contribution in [1.29, 1.82) is 0 Å². The van der Waals surface area contributed by atoms with Gasteiger partial charge in [-0.05, 0) is 41.3 Å². The SMILES string of the molecule is CC(C)c1cc(CCl)cc(N(C)Cc2cccc(F)c2)n1. The van der Waals surface area contributed by atoms with Crippen LogP contribution in [0.3, 0.4) is 0 Å². The number of anilines is 1. The zero-order chi connectivity index (χ0) is 15.4. The van der Waals surface area contributed by atoms with Crippen LogP contribution in [0.25, 0.3) is 0 Å². The molecular weight excluding hydrogens is 287 g/mol. The highest BCUT2D eigenvalue weighted by Crippen LogP contribution is 2.22. The summed E-state index contributed by atoms with van der Waals surface area (Å²) in [6.45, 7) is 4.82. The van der Waals surface area contributed by atoms with Crippen molar-refractivity contribution in [3.8, 4) is 0 Å². The van der Waals surface area contributed by atoms with Crippen molar-refractivity contribution in [3.63, 3.8) is 0 Å². The fourth-order valence-corrected chi connectivity index (χ4v) is 2.31. The van der Waals surface area contributed by atoms with Gasteiger partial charge >= 0.3 is 0 Å². The Balaban J connectivity index is 2.25. The van der Waals surface area contributed by atoms with Crippen LogP contribution in [-0.2, 0) is 12.4 Å². The lowest BCUT2D eigenvalue weighted by atomic mass is 10.1. The number of pyridine rings is 1. The summed E-state index contributed by atoms with van der Waals surface area (Å²) in [6.07, 6.45) is 0. The number of benzene rings is 1. The first-order valence-electron chi connectivity index (χ1n) is 7.02. The zero-order valence-electron chi connectivity index (χ0n) is 12.6. The Hall–Kier alpha value is -1.61. The molecule has 0 aliphatic carbocycles. The van der Waals surface area contributed by atoms with Crippen molar-refractivity contribution in [2.24, 2.45) is 0 Å². The van der Waals surface area contributed by atoms with Gasteiger partial charge in [0.2, 0.25) is 0 Å². The van der Waals surface area contributed by atoms with Gasteiger partial charge in [-0.3, -0.25) is 0 Å². The third-order valence-corrected chi connectivity index (χ3v) is 3.65. The molecule has 0 unspecified atom stereocenters. The van der Waals surface area contributed by atoms with Gasteiger partial charge in [-0.25, -0.2) is 9.37 Å². The van der Waals surface area contributed by atoms with Gasteiger partial charge in [-0.15, -0.1) is 11.6 Å². The largest absolute Gasteiger partial charge is 0.355 e. The molecule has 0 atom stereocenters. The Morgan fingerprint density at radius 2 is 1.95 bits per heavy atom. The molecule has 0 fully saturated rings. The van der Waals surface area contributed by atoms with Crippen LogP contribution in [0.2, 0.25) is 0 Å². The van der Waals surface area contributed by atoms with Crippen LogP contribution in [0.15, 0.2) is 36.4 Å². The van der Waals surface area contributed by atoms with Crippen LogP contribution in [0.5, 0.6) is 0 Å². The van der Waals surface area contributed by atoms with E-state index in [0.29, 0.717) is 18.3 Å². The molecule has 0 amide bonds. The molecular formula is C17H20ClFN2. The van der Waals surface area contributed by atoms with Crippen molar-refractivity contribution in [2.45, 2.75) is 32.2 Å². The lowest BCUT2D eigenvalue weighted by Crippen LogP contribution is -2.18. The summed E-state index contributed by atoms with van der Waals surface area (Å²) in [6, 6.07) is 10.7. The molecule has 1 aromatic heterocycles. The molecule has 1 heterocycles. The van der Waals surface area contributed by atoms with Crippen LogP contribution < -0.4 is 4.90 Å². The van der Waals surface area contributed by atoms with Crippen LogP contribution in [0.1, 0.15) is 36.6 Å². The van der Waals surface area contributed by atoms with E-state index in [2.05, 4.69) is 18.8 Å². The fraction of sp³-hybridized carbons (Fsp3) is 0.353. The maximum absolute atomic E-state index is 13.3. The number of aromatic nitrogens is 1. The summed E-state index contributed by atoms with van der Waals surface area (Å²) in [4.78, 5) is 6.68. The standard InChI is InChI=1S/C17H20ClFN2/c1-12(2)16-8-14(10-18)9-17(20-16)21(3)11-13-5-4-6-15(19)7-13/h4-9,12H,10-11H2,1-3H3. The van der Waals surface area contributed by atoms with E-state index in [4.69, 9.17) is 11.6 Å². The van der Waals surface area contributed by atoms with Crippen molar-refractivity contribution in [2.75, 3.05) is 11.9 Å². The second-order valence-corrected chi connectivity index (χ2v) is 5.80. The highest BCUT2D eigenvalue weighted by Gasteiger charge is 2.10. The van der Waals surface area contributed by atoms with E-state index in [0.717, 1.165) is 22.6 Å². The van der Waals surface area contributed by atoms with Gasteiger partial charge in [-0.2, -0.15) is 0 Å². The summed E-state index contributed by atoms with van der Waals surface area (Å²) < 4.78 is 13.3. The minimum atomic E-state index is -0.216. The topological polar surface area (TPSA) is 16.1 Å². The number of halogens is 2. The third-order valence-electron chi connectivity index (χ3n) is 3.34. The van der Waals surface area contributed by atoms with E-state index < -0.39 is 0 Å². The highest BCUT2D eigenvalue weighted by atomic mass is 35.5. The molecule has 2 rings (SSSR count). The number of hydrogen-bond acceptors (Lipinski definition) is 2. The number of hydrogen-bond donors (Lipinski definition) is 0. The molecule has 2 nitrogen and oxygen atoms in total. The first kappa shape index (κ1) is 15.8. The van der Waals surface area contributed by atoms with E-state index in [1.54, 1.807) is 12.1 Å². The molecule has 21 heavy (non-hydrogen) atoms. The smallest absolute Gasteiger partial charge is 0.129 e. The number of nitrogens with zero attached hydrogens (tertiary/aromatic N) is 2. The molecule has 1 aromatic carbocycles. The monoisotopic (exact) mass is 306 g/mol. The van der Waals surface area contributed by atoms with E-state index in [1.807, 2.05) is 30.1 Å². The molecule has 4 heteroatoms. The Kier molecular flexibility index (Phi) is 5.18. The molecule has 0 saturated heterocycles. The second kappa shape index (κ2) is 6.90. The first-order valence-corrected chi connectivity index (χ1v) is 7.55. The van der Waals surface area contributed by atoms with Crippen molar-refractivity contribution in [1.82, 2.24) is 4.98 Å². The molecule has 0 bridgehead atoms. The van der Waals surface area contributed by atoms with E-state index in [-0.39, 0.29) is 5.82 Å². The van der Waals surface area contributed by atoms with Gasteiger partial charge in [0.1, 0.15) is 11.6 Å². The zero-order valence-corrected chi connectivity index (χ0v) is 13.4. The first-order chi connectivity index (χ1) is 9.99. The van der Waals surface area contributed by atoms with Crippen LogP contribution in [-0.4, -0.2) is 12.0 Å². The van der Waals surface area contributed by atoms with Gasteiger partial charge in [0.25, 0.3) is 0 Å². The maximum atomic E-state index is 13.3. The van der Waals surface area contributed by atoms with Crippen molar-refractivity contribution >= 4 is 17.4 Å². The highest BCUT2D eigenvalue weighted by molar-refractivity contribution is 6.17. The number of alkyl halides is 1. The van der Waals surface area contributed by atoms with Gasteiger partial charge in [0, 0.05) is 25.2 Å². The van der Waals surface area contributed by atoms with E-state index in [9.17, 15) is 4.39 Å². The van der Waals surface area contributed by atoms with Gasteiger partial charge in [-0.1, -0.05) is 26.0 Å². The molecule has 2 aromatic rings. The Labute approximate surface area is 130 Å². The Morgan fingerprint density at radius 1 is 1.19 bits per heavy atom. The second-order valence-electron chi connectivity index (χ2n) is 5.53. The molecule has 0 radical (unpaired) electrons. The van der Waals surface area contributed by atoms with Crippen LogP contribution >= 0.6 is 11.6 Å². The Bertz CT molecular complexity index is 613. The number of rotatable bonds is 5. The average molecular weight is 307 g/mol. The minimum absolute atomic E-state index is 0.216. The van der Waals surface area contributed by atoms with Crippen LogP contribution in [0, 0.1) is 5.82 Å². The Morgan fingerprint density at radius 3 is 2.57 bits per heavy atom. The summed E-state index contributed by atoms with van der Waals surface area (Å²) in [5, 5.41) is 0. The summed E-state index contributed by atoms with van der Waals surface area (Å²) in [5.41, 5.74) is 2.99. The minimum Gasteiger partial charge on any atom is -0.355 e. The van der Waals surface area contributed by atoms with Gasteiger partial charge in [0.15, 0.2) is 0 Å². The summed E-state index contributed by atoms with van der Waals surface area (Å²) in [5.74, 6) is 1.45. The molecule has 0 N–H and O–H groups in total.